The van der Waals surface area contributed by atoms with Gasteiger partial charge in [-0.3, -0.25) is 0 Å². The standard InChI is InChI=1S/C25H47N3/c1-21(2)19-25(7-8-25)20-26-13-5-23(6-14-26)28-17-11-24(12-18-28)9-15-27(16-10-24)22(3)4/h21-23H,5-20H2,1-4H3. The van der Waals surface area contributed by atoms with Gasteiger partial charge in [0.1, 0.15) is 0 Å². The Morgan fingerprint density at radius 3 is 1.82 bits per heavy atom. The monoisotopic (exact) mass is 389 g/mol. The molecule has 4 rings (SSSR count). The van der Waals surface area contributed by atoms with Crippen LogP contribution in [-0.2, 0) is 0 Å². The van der Waals surface area contributed by atoms with Crippen LogP contribution in [0.2, 0.25) is 0 Å². The van der Waals surface area contributed by atoms with Crippen molar-refractivity contribution >= 4 is 0 Å². The van der Waals surface area contributed by atoms with Gasteiger partial charge >= 0.3 is 0 Å². The van der Waals surface area contributed by atoms with Gasteiger partial charge in [-0.2, -0.15) is 0 Å². The Morgan fingerprint density at radius 2 is 1.32 bits per heavy atom. The maximum absolute atomic E-state index is 2.89. The molecule has 4 fully saturated rings. The maximum atomic E-state index is 2.89. The van der Waals surface area contributed by atoms with Crippen LogP contribution >= 0.6 is 0 Å². The summed E-state index contributed by atoms with van der Waals surface area (Å²) in [6.07, 6.45) is 13.1. The van der Waals surface area contributed by atoms with E-state index in [1.165, 1.54) is 104 Å². The van der Waals surface area contributed by atoms with E-state index in [2.05, 4.69) is 42.4 Å². The van der Waals surface area contributed by atoms with Crippen molar-refractivity contribution in [2.75, 3.05) is 45.8 Å². The normalized spacial score (nSPS) is 29.8. The molecule has 1 saturated carbocycles. The molecule has 3 nitrogen and oxygen atoms in total. The Bertz CT molecular complexity index is 484. The van der Waals surface area contributed by atoms with Crippen molar-refractivity contribution in [1.29, 1.82) is 0 Å². The van der Waals surface area contributed by atoms with Crippen LogP contribution in [0.25, 0.3) is 0 Å². The third-order valence-corrected chi connectivity index (χ3v) is 8.88. The smallest absolute Gasteiger partial charge is 0.0120 e. The summed E-state index contributed by atoms with van der Waals surface area (Å²) in [5.74, 6) is 0.869. The van der Waals surface area contributed by atoms with Gasteiger partial charge < -0.3 is 14.7 Å². The van der Waals surface area contributed by atoms with Crippen LogP contribution in [-0.4, -0.2) is 72.6 Å². The Balaban J connectivity index is 1.19. The lowest BCUT2D eigenvalue weighted by atomic mass is 9.70. The number of hydrogen-bond acceptors (Lipinski definition) is 3. The molecule has 3 heterocycles. The molecule has 3 saturated heterocycles. The fourth-order valence-electron chi connectivity index (χ4n) is 6.76. The number of hydrogen-bond donors (Lipinski definition) is 0. The second-order valence-electron chi connectivity index (χ2n) is 11.8. The lowest BCUT2D eigenvalue weighted by molar-refractivity contribution is -0.000349. The fraction of sp³-hybridized carbons (Fsp3) is 1.00. The first-order chi connectivity index (χ1) is 13.4. The summed E-state index contributed by atoms with van der Waals surface area (Å²) >= 11 is 0. The molecule has 1 aliphatic carbocycles. The second-order valence-corrected chi connectivity index (χ2v) is 11.8. The van der Waals surface area contributed by atoms with Crippen LogP contribution in [0.1, 0.15) is 85.5 Å². The highest BCUT2D eigenvalue weighted by molar-refractivity contribution is 4.98. The van der Waals surface area contributed by atoms with E-state index in [1.54, 1.807) is 0 Å². The molecule has 3 aliphatic heterocycles. The highest BCUT2D eigenvalue weighted by Crippen LogP contribution is 2.51. The van der Waals surface area contributed by atoms with Crippen molar-refractivity contribution in [3.63, 3.8) is 0 Å². The van der Waals surface area contributed by atoms with Crippen LogP contribution < -0.4 is 0 Å². The summed E-state index contributed by atoms with van der Waals surface area (Å²) in [5.41, 5.74) is 1.40. The van der Waals surface area contributed by atoms with Crippen molar-refractivity contribution in [2.45, 2.75) is 97.6 Å². The van der Waals surface area contributed by atoms with E-state index in [1.807, 2.05) is 0 Å². The average Bonchev–Trinajstić information content (AvgIpc) is 3.41. The SMILES string of the molecule is CC(C)CC1(CN2CCC(N3CCC4(CCN(C(C)C)CC4)CC3)CC2)CC1. The van der Waals surface area contributed by atoms with E-state index in [0.29, 0.717) is 10.8 Å². The molecular formula is C25H47N3. The van der Waals surface area contributed by atoms with Crippen molar-refractivity contribution in [3.05, 3.63) is 0 Å². The summed E-state index contributed by atoms with van der Waals surface area (Å²) in [6, 6.07) is 1.61. The van der Waals surface area contributed by atoms with Gasteiger partial charge in [-0.15, -0.1) is 0 Å². The summed E-state index contributed by atoms with van der Waals surface area (Å²) < 4.78 is 0. The van der Waals surface area contributed by atoms with E-state index in [-0.39, 0.29) is 0 Å². The van der Waals surface area contributed by atoms with Crippen LogP contribution in [0.3, 0.4) is 0 Å². The fourth-order valence-corrected chi connectivity index (χ4v) is 6.76. The Labute approximate surface area is 175 Å². The van der Waals surface area contributed by atoms with Crippen molar-refractivity contribution in [2.24, 2.45) is 16.7 Å². The van der Waals surface area contributed by atoms with Crippen LogP contribution in [0.15, 0.2) is 0 Å². The molecule has 0 aromatic heterocycles. The predicted molar refractivity (Wildman–Crippen MR) is 120 cm³/mol. The average molecular weight is 390 g/mol. The van der Waals surface area contributed by atoms with Gasteiger partial charge in [0.25, 0.3) is 0 Å². The largest absolute Gasteiger partial charge is 0.303 e. The quantitative estimate of drug-likeness (QED) is 0.642. The lowest BCUT2D eigenvalue weighted by Crippen LogP contribution is -2.52. The molecule has 0 N–H and O–H groups in total. The van der Waals surface area contributed by atoms with Crippen molar-refractivity contribution in [3.8, 4) is 0 Å². The zero-order valence-electron chi connectivity index (χ0n) is 19.4. The van der Waals surface area contributed by atoms with Gasteiger partial charge in [-0.25, -0.2) is 0 Å². The number of rotatable bonds is 6. The molecule has 1 spiro atoms. The van der Waals surface area contributed by atoms with Gasteiger partial charge in [0.05, 0.1) is 0 Å². The third kappa shape index (κ3) is 4.95. The molecule has 0 amide bonds. The zero-order chi connectivity index (χ0) is 19.8. The summed E-state index contributed by atoms with van der Waals surface area (Å²) in [7, 11) is 0. The molecule has 0 bridgehead atoms. The van der Waals surface area contributed by atoms with Gasteiger partial charge in [0, 0.05) is 18.6 Å². The molecule has 28 heavy (non-hydrogen) atoms. The third-order valence-electron chi connectivity index (χ3n) is 8.88. The minimum atomic E-state index is 0.692. The molecule has 0 aromatic carbocycles. The molecule has 0 radical (unpaired) electrons. The first-order valence-electron chi connectivity index (χ1n) is 12.6. The van der Waals surface area contributed by atoms with E-state index in [0.717, 1.165) is 18.0 Å². The van der Waals surface area contributed by atoms with Gasteiger partial charge in [0.2, 0.25) is 0 Å². The minimum Gasteiger partial charge on any atom is -0.303 e. The van der Waals surface area contributed by atoms with Crippen LogP contribution in [0, 0.1) is 16.7 Å². The molecule has 4 aliphatic rings. The van der Waals surface area contributed by atoms with E-state index in [4.69, 9.17) is 0 Å². The van der Waals surface area contributed by atoms with Crippen molar-refractivity contribution < 1.29 is 0 Å². The Kier molecular flexibility index (Phi) is 6.45. The van der Waals surface area contributed by atoms with Gasteiger partial charge in [-0.1, -0.05) is 13.8 Å². The Hall–Kier alpha value is -0.120. The molecular weight excluding hydrogens is 342 g/mol. The number of piperidine rings is 3. The second kappa shape index (κ2) is 8.55. The minimum absolute atomic E-state index is 0.692. The number of nitrogens with zero attached hydrogens (tertiary/aromatic N) is 3. The highest BCUT2D eigenvalue weighted by atomic mass is 15.2. The molecule has 0 atom stereocenters. The first-order valence-corrected chi connectivity index (χ1v) is 12.6. The predicted octanol–water partition coefficient (Wildman–Crippen LogP) is 4.86. The summed E-state index contributed by atoms with van der Waals surface area (Å²) in [4.78, 5) is 8.40. The number of likely N-dealkylation sites (tertiary alicyclic amines) is 3. The van der Waals surface area contributed by atoms with E-state index in [9.17, 15) is 0 Å². The maximum Gasteiger partial charge on any atom is 0.0120 e. The van der Waals surface area contributed by atoms with Gasteiger partial charge in [0.15, 0.2) is 0 Å². The van der Waals surface area contributed by atoms with Crippen molar-refractivity contribution in [1.82, 2.24) is 14.7 Å². The summed E-state index contributed by atoms with van der Waals surface area (Å²) in [5, 5.41) is 0. The Morgan fingerprint density at radius 1 is 0.750 bits per heavy atom. The highest BCUT2D eigenvalue weighted by Gasteiger charge is 2.45. The van der Waals surface area contributed by atoms with Crippen LogP contribution in [0.5, 0.6) is 0 Å². The van der Waals surface area contributed by atoms with Gasteiger partial charge in [-0.05, 0) is 128 Å². The van der Waals surface area contributed by atoms with Crippen LogP contribution in [0.4, 0.5) is 0 Å². The zero-order valence-corrected chi connectivity index (χ0v) is 19.4. The van der Waals surface area contributed by atoms with E-state index < -0.39 is 0 Å². The topological polar surface area (TPSA) is 9.72 Å². The molecule has 3 heteroatoms. The molecule has 0 unspecified atom stereocenters. The van der Waals surface area contributed by atoms with E-state index >= 15 is 0 Å². The first kappa shape index (κ1) is 21.1. The summed E-state index contributed by atoms with van der Waals surface area (Å²) in [6.45, 7) is 19.1. The lowest BCUT2D eigenvalue weighted by Gasteiger charge is -2.50. The molecule has 162 valence electrons. The molecule has 0 aromatic rings.